The number of fused-ring (bicyclic) bond motifs is 7. The van der Waals surface area contributed by atoms with Crippen molar-refractivity contribution < 1.29 is 23.8 Å². The maximum atomic E-state index is 14.5. The van der Waals surface area contributed by atoms with E-state index >= 15 is 0 Å². The number of aromatic nitrogens is 1. The van der Waals surface area contributed by atoms with Gasteiger partial charge in [-0.25, -0.2) is 4.79 Å². The van der Waals surface area contributed by atoms with Gasteiger partial charge in [-0.05, 0) is 65.8 Å². The van der Waals surface area contributed by atoms with Gasteiger partial charge in [0.1, 0.15) is 12.4 Å². The highest BCUT2D eigenvalue weighted by molar-refractivity contribution is 6.00. The van der Waals surface area contributed by atoms with E-state index in [-0.39, 0.29) is 17.8 Å². The first-order chi connectivity index (χ1) is 22.4. The molecule has 2 aliphatic heterocycles. The first-order valence-electron chi connectivity index (χ1n) is 16.9. The Morgan fingerprint density at radius 3 is 2.59 bits per heavy atom. The average Bonchev–Trinajstić information content (AvgIpc) is 3.77. The average molecular weight is 621 g/mol. The maximum absolute atomic E-state index is 14.5. The van der Waals surface area contributed by atoms with E-state index in [4.69, 9.17) is 14.2 Å². The summed E-state index contributed by atoms with van der Waals surface area (Å²) in [6, 6.07) is 22.6. The van der Waals surface area contributed by atoms with Crippen molar-refractivity contribution in [3.8, 4) is 17.0 Å². The molecule has 7 nitrogen and oxygen atoms in total. The number of morpholine rings is 1. The first-order valence-corrected chi connectivity index (χ1v) is 16.9. The van der Waals surface area contributed by atoms with Crippen molar-refractivity contribution in [3.63, 3.8) is 0 Å². The van der Waals surface area contributed by atoms with E-state index in [1.54, 1.807) is 0 Å². The van der Waals surface area contributed by atoms with Crippen LogP contribution in [0.5, 0.6) is 5.75 Å². The molecule has 240 valence electrons. The van der Waals surface area contributed by atoms with Crippen molar-refractivity contribution >= 4 is 22.8 Å². The summed E-state index contributed by atoms with van der Waals surface area (Å²) in [5.41, 5.74) is 6.89. The van der Waals surface area contributed by atoms with E-state index in [0.29, 0.717) is 50.9 Å². The molecule has 0 bridgehead atoms. The smallest absolute Gasteiger partial charge is 0.337 e. The molecule has 0 spiro atoms. The Hall–Kier alpha value is -4.10. The van der Waals surface area contributed by atoms with Gasteiger partial charge in [0.2, 0.25) is 5.91 Å². The number of amides is 1. The van der Waals surface area contributed by atoms with Crippen LogP contribution in [0.1, 0.15) is 84.8 Å². The number of benzene rings is 3. The lowest BCUT2D eigenvalue weighted by Gasteiger charge is -2.31. The molecular weight excluding hydrogens is 576 g/mol. The summed E-state index contributed by atoms with van der Waals surface area (Å²) in [5, 5.41) is 1.15. The Morgan fingerprint density at radius 1 is 1.02 bits per heavy atom. The minimum absolute atomic E-state index is 0.0834. The van der Waals surface area contributed by atoms with Crippen LogP contribution in [-0.4, -0.2) is 54.8 Å². The molecule has 3 unspecified atom stereocenters. The van der Waals surface area contributed by atoms with Gasteiger partial charge in [-0.2, -0.15) is 0 Å². The zero-order valence-electron chi connectivity index (χ0n) is 27.2. The predicted molar refractivity (Wildman–Crippen MR) is 179 cm³/mol. The third-order valence-electron chi connectivity index (χ3n) is 10.4. The molecular formula is C39H44N2O5. The van der Waals surface area contributed by atoms with Gasteiger partial charge in [-0.1, -0.05) is 69.5 Å². The molecule has 3 heterocycles. The summed E-state index contributed by atoms with van der Waals surface area (Å²) in [6.45, 7) is 8.00. The van der Waals surface area contributed by atoms with Crippen molar-refractivity contribution in [2.75, 3.05) is 33.4 Å². The molecule has 1 aliphatic carbocycles. The summed E-state index contributed by atoms with van der Waals surface area (Å²) >= 11 is 0. The highest BCUT2D eigenvalue weighted by Crippen LogP contribution is 2.66. The molecule has 7 heteroatoms. The fourth-order valence-electron chi connectivity index (χ4n) is 7.85. The Bertz CT molecular complexity index is 1760. The van der Waals surface area contributed by atoms with Gasteiger partial charge >= 0.3 is 5.97 Å². The van der Waals surface area contributed by atoms with Crippen LogP contribution in [0.3, 0.4) is 0 Å². The molecule has 0 N–H and O–H groups in total. The normalized spacial score (nSPS) is 20.7. The van der Waals surface area contributed by atoms with Crippen LogP contribution in [-0.2, 0) is 27.4 Å². The molecule has 7 rings (SSSR count). The van der Waals surface area contributed by atoms with Crippen molar-refractivity contribution in [1.29, 1.82) is 0 Å². The van der Waals surface area contributed by atoms with Gasteiger partial charge in [0, 0.05) is 42.0 Å². The number of hydrogen-bond acceptors (Lipinski definition) is 5. The van der Waals surface area contributed by atoms with Crippen LogP contribution in [0, 0.1) is 5.41 Å². The number of nitrogens with zero attached hydrogens (tertiary/aromatic N) is 2. The lowest BCUT2D eigenvalue weighted by Crippen LogP contribution is -2.45. The second-order valence-corrected chi connectivity index (χ2v) is 13.3. The van der Waals surface area contributed by atoms with Crippen molar-refractivity contribution in [3.05, 3.63) is 89.0 Å². The van der Waals surface area contributed by atoms with E-state index in [1.807, 2.05) is 35.2 Å². The van der Waals surface area contributed by atoms with Gasteiger partial charge in [0.05, 0.1) is 37.0 Å². The summed E-state index contributed by atoms with van der Waals surface area (Å²) in [5.74, 6) is 1.06. The number of unbranched alkanes of at least 4 members (excludes halogenated alkanes) is 2. The molecule has 1 saturated carbocycles. The lowest BCUT2D eigenvalue weighted by molar-refractivity contribution is -0.141. The van der Waals surface area contributed by atoms with E-state index in [9.17, 15) is 9.59 Å². The Balaban J connectivity index is 1.40. The van der Waals surface area contributed by atoms with E-state index in [1.165, 1.54) is 42.3 Å². The van der Waals surface area contributed by atoms with Crippen LogP contribution in [0.25, 0.3) is 22.2 Å². The van der Waals surface area contributed by atoms with Crippen LogP contribution in [0.4, 0.5) is 0 Å². The summed E-state index contributed by atoms with van der Waals surface area (Å²) in [4.78, 5) is 29.3. The highest BCUT2D eigenvalue weighted by atomic mass is 16.5. The Morgan fingerprint density at radius 2 is 1.83 bits per heavy atom. The van der Waals surface area contributed by atoms with E-state index < -0.39 is 5.41 Å². The molecule has 1 saturated heterocycles. The fourth-order valence-corrected chi connectivity index (χ4v) is 7.85. The standard InChI is InChI=1S/C39H44N2O5/c1-4-5-7-10-26(2)35-31-15-13-28(37(42)44-3)21-34(31)41-25-39(38(43)40-17-19-45-20-18-40)23-33(39)32-22-29(14-16-30(32)36(35)41)46-24-27-11-8-6-9-12-27/h6,8-9,11-16,21-22,26,33H,4-5,7,10,17-20,23-25H2,1-3H3. The number of carbonyl (C=O) groups is 2. The number of ether oxygens (including phenoxy) is 3. The van der Waals surface area contributed by atoms with Gasteiger partial charge < -0.3 is 23.7 Å². The summed E-state index contributed by atoms with van der Waals surface area (Å²) < 4.78 is 19.5. The molecule has 4 aromatic rings. The highest BCUT2D eigenvalue weighted by Gasteiger charge is 2.63. The lowest BCUT2D eigenvalue weighted by atomic mass is 9.88. The molecule has 3 atom stereocenters. The number of hydrogen-bond donors (Lipinski definition) is 0. The number of carbonyl (C=O) groups excluding carboxylic acids is 2. The first kappa shape index (κ1) is 30.5. The molecule has 0 radical (unpaired) electrons. The van der Waals surface area contributed by atoms with Crippen LogP contribution in [0.15, 0.2) is 66.7 Å². The zero-order chi connectivity index (χ0) is 31.8. The SMILES string of the molecule is CCCCCC(C)c1c2n(c3cc(C(=O)OC)ccc13)CC1(C(=O)N3CCOCC3)CC1c1cc(OCc3ccccc3)ccc1-2. The monoisotopic (exact) mass is 620 g/mol. The number of rotatable bonds is 10. The van der Waals surface area contributed by atoms with Crippen molar-refractivity contribution in [2.45, 2.75) is 70.9 Å². The van der Waals surface area contributed by atoms with Gasteiger partial charge in [0.15, 0.2) is 0 Å². The molecule has 46 heavy (non-hydrogen) atoms. The van der Waals surface area contributed by atoms with Gasteiger partial charge in [-0.15, -0.1) is 0 Å². The largest absolute Gasteiger partial charge is 0.489 e. The molecule has 2 fully saturated rings. The van der Waals surface area contributed by atoms with Crippen LogP contribution in [0.2, 0.25) is 0 Å². The van der Waals surface area contributed by atoms with E-state index in [2.05, 4.69) is 54.8 Å². The minimum Gasteiger partial charge on any atom is -0.489 e. The van der Waals surface area contributed by atoms with Gasteiger partial charge in [-0.3, -0.25) is 4.79 Å². The number of methoxy groups -OCH3 is 1. The molecule has 1 amide bonds. The summed E-state index contributed by atoms with van der Waals surface area (Å²) in [7, 11) is 1.42. The zero-order valence-corrected chi connectivity index (χ0v) is 27.2. The quantitative estimate of drug-likeness (QED) is 0.134. The van der Waals surface area contributed by atoms with Crippen molar-refractivity contribution in [2.24, 2.45) is 5.41 Å². The van der Waals surface area contributed by atoms with Crippen LogP contribution < -0.4 is 4.74 Å². The third kappa shape index (κ3) is 5.38. The van der Waals surface area contributed by atoms with Crippen molar-refractivity contribution in [1.82, 2.24) is 9.47 Å². The second-order valence-electron chi connectivity index (χ2n) is 13.3. The fraction of sp³-hybridized carbons (Fsp3) is 0.436. The third-order valence-corrected chi connectivity index (χ3v) is 10.4. The Kier molecular flexibility index (Phi) is 8.36. The minimum atomic E-state index is -0.564. The van der Waals surface area contributed by atoms with E-state index in [0.717, 1.165) is 41.5 Å². The van der Waals surface area contributed by atoms with Crippen LogP contribution >= 0.6 is 0 Å². The molecule has 1 aromatic heterocycles. The molecule has 3 aliphatic rings. The van der Waals surface area contributed by atoms with Gasteiger partial charge in [0.25, 0.3) is 0 Å². The summed E-state index contributed by atoms with van der Waals surface area (Å²) in [6.07, 6.45) is 5.39. The number of esters is 1. The predicted octanol–water partition coefficient (Wildman–Crippen LogP) is 7.70. The topological polar surface area (TPSA) is 70.0 Å². The molecule has 3 aromatic carbocycles. The Labute approximate surface area is 271 Å². The maximum Gasteiger partial charge on any atom is 0.337 e. The second kappa shape index (κ2) is 12.6.